The van der Waals surface area contributed by atoms with Crippen LogP contribution in [0.4, 0.5) is 0 Å². The third-order valence-corrected chi connectivity index (χ3v) is 6.63. The molecule has 2 aromatic rings. The van der Waals surface area contributed by atoms with Gasteiger partial charge in [0.25, 0.3) is 0 Å². The van der Waals surface area contributed by atoms with Crippen molar-refractivity contribution in [2.75, 3.05) is 12.8 Å². The van der Waals surface area contributed by atoms with Crippen molar-refractivity contribution in [3.05, 3.63) is 38.0 Å². The molecule has 0 saturated heterocycles. The number of thiazole rings is 1. The first-order chi connectivity index (χ1) is 9.92. The number of sulfone groups is 1. The average Bonchev–Trinajstić information content (AvgIpc) is 3.00. The molecule has 3 rings (SSSR count). The third-order valence-electron chi connectivity index (χ3n) is 3.75. The second kappa shape index (κ2) is 5.79. The predicted octanol–water partition coefficient (Wildman–Crippen LogP) is 2.87. The van der Waals surface area contributed by atoms with Crippen molar-refractivity contribution in [3.8, 4) is 0 Å². The summed E-state index contributed by atoms with van der Waals surface area (Å²) >= 11 is 3.28. The smallest absolute Gasteiger partial charge is 0.153 e. The van der Waals surface area contributed by atoms with Crippen LogP contribution in [0.2, 0.25) is 0 Å². The molecule has 0 spiro atoms. The fraction of sp³-hybridized carbons (Fsp3) is 0.500. The van der Waals surface area contributed by atoms with Crippen molar-refractivity contribution in [3.63, 3.8) is 0 Å². The summed E-state index contributed by atoms with van der Waals surface area (Å²) in [5.41, 5.74) is 2.40. The van der Waals surface area contributed by atoms with Gasteiger partial charge < -0.3 is 0 Å². The Balaban J connectivity index is 1.70. The molecule has 1 aliphatic heterocycles. The van der Waals surface area contributed by atoms with Gasteiger partial charge in [0.05, 0.1) is 5.69 Å². The van der Waals surface area contributed by atoms with E-state index in [2.05, 4.69) is 28.3 Å². The minimum Gasteiger partial charge on any atom is -0.290 e. The molecule has 4 nitrogen and oxygen atoms in total. The lowest BCUT2D eigenvalue weighted by Gasteiger charge is -2.32. The minimum absolute atomic E-state index is 0.0436. The van der Waals surface area contributed by atoms with Gasteiger partial charge in [-0.2, -0.15) is 0 Å². The van der Waals surface area contributed by atoms with E-state index in [4.69, 9.17) is 0 Å². The van der Waals surface area contributed by atoms with Gasteiger partial charge in [-0.1, -0.05) is 0 Å². The van der Waals surface area contributed by atoms with E-state index in [1.165, 1.54) is 28.0 Å². The SMILES string of the molecule is CC1c2ccsc2CCN1Cc1csc(CS(C)(=O)=O)n1. The number of thiophene rings is 1. The third kappa shape index (κ3) is 3.53. The zero-order valence-electron chi connectivity index (χ0n) is 12.1. The Morgan fingerprint density at radius 3 is 3.00 bits per heavy atom. The molecule has 114 valence electrons. The summed E-state index contributed by atoms with van der Waals surface area (Å²) in [5, 5.41) is 4.84. The van der Waals surface area contributed by atoms with Crippen molar-refractivity contribution < 1.29 is 8.42 Å². The van der Waals surface area contributed by atoms with Crippen molar-refractivity contribution >= 4 is 32.5 Å². The molecule has 2 aromatic heterocycles. The van der Waals surface area contributed by atoms with Crippen molar-refractivity contribution in [2.45, 2.75) is 31.7 Å². The van der Waals surface area contributed by atoms with Crippen LogP contribution >= 0.6 is 22.7 Å². The molecule has 0 bridgehead atoms. The molecule has 7 heteroatoms. The number of rotatable bonds is 4. The molecule has 0 saturated carbocycles. The summed E-state index contributed by atoms with van der Waals surface area (Å²) in [6.45, 7) is 4.05. The van der Waals surface area contributed by atoms with E-state index in [9.17, 15) is 8.42 Å². The summed E-state index contributed by atoms with van der Waals surface area (Å²) in [6, 6.07) is 2.62. The summed E-state index contributed by atoms with van der Waals surface area (Å²) in [6.07, 6.45) is 2.34. The van der Waals surface area contributed by atoms with Crippen LogP contribution < -0.4 is 0 Å². The van der Waals surface area contributed by atoms with E-state index in [0.29, 0.717) is 11.0 Å². The lowest BCUT2D eigenvalue weighted by atomic mass is 10.0. The molecule has 0 aliphatic carbocycles. The molecular weight excluding hydrogens is 324 g/mol. The van der Waals surface area contributed by atoms with Crippen molar-refractivity contribution in [2.24, 2.45) is 0 Å². The van der Waals surface area contributed by atoms with E-state index in [1.807, 2.05) is 16.7 Å². The largest absolute Gasteiger partial charge is 0.290 e. The zero-order valence-corrected chi connectivity index (χ0v) is 14.5. The van der Waals surface area contributed by atoms with Gasteiger partial charge >= 0.3 is 0 Å². The monoisotopic (exact) mass is 342 g/mol. The molecule has 1 aliphatic rings. The molecule has 21 heavy (non-hydrogen) atoms. The Labute approximate surface area is 133 Å². The molecule has 0 aromatic carbocycles. The maximum atomic E-state index is 11.3. The number of aromatic nitrogens is 1. The van der Waals surface area contributed by atoms with Crippen LogP contribution in [0.15, 0.2) is 16.8 Å². The first kappa shape index (κ1) is 15.1. The van der Waals surface area contributed by atoms with Crippen LogP contribution in [-0.4, -0.2) is 31.1 Å². The van der Waals surface area contributed by atoms with Gasteiger partial charge in [-0.3, -0.25) is 4.90 Å². The quantitative estimate of drug-likeness (QED) is 0.857. The standard InChI is InChI=1S/C14H18N2O2S3/c1-10-12-4-6-19-13(12)3-5-16(10)7-11-8-20-14(15-11)9-21(2,17)18/h4,6,8,10H,3,5,7,9H2,1-2H3. The lowest BCUT2D eigenvalue weighted by molar-refractivity contribution is 0.189. The van der Waals surface area contributed by atoms with Crippen molar-refractivity contribution in [1.29, 1.82) is 0 Å². The Morgan fingerprint density at radius 1 is 1.43 bits per heavy atom. The van der Waals surface area contributed by atoms with Gasteiger partial charge in [0, 0.05) is 35.6 Å². The Morgan fingerprint density at radius 2 is 2.24 bits per heavy atom. The van der Waals surface area contributed by atoms with E-state index >= 15 is 0 Å². The molecule has 0 fully saturated rings. The number of nitrogens with zero attached hydrogens (tertiary/aromatic N) is 2. The Kier molecular flexibility index (Phi) is 4.18. The Hall–Kier alpha value is -0.760. The first-order valence-electron chi connectivity index (χ1n) is 6.84. The minimum atomic E-state index is -3.00. The van der Waals surface area contributed by atoms with E-state index in [-0.39, 0.29) is 5.75 Å². The highest BCUT2D eigenvalue weighted by Gasteiger charge is 2.25. The van der Waals surface area contributed by atoms with Crippen LogP contribution in [0, 0.1) is 0 Å². The van der Waals surface area contributed by atoms with Gasteiger partial charge in [-0.05, 0) is 30.4 Å². The highest BCUT2D eigenvalue weighted by Crippen LogP contribution is 2.33. The van der Waals surface area contributed by atoms with Gasteiger partial charge in [0.2, 0.25) is 0 Å². The molecular formula is C14H18N2O2S3. The summed E-state index contributed by atoms with van der Waals surface area (Å²) in [7, 11) is -3.00. The number of hydrogen-bond donors (Lipinski definition) is 0. The van der Waals surface area contributed by atoms with Crippen molar-refractivity contribution in [1.82, 2.24) is 9.88 Å². The molecule has 3 heterocycles. The van der Waals surface area contributed by atoms with Gasteiger partial charge in [-0.15, -0.1) is 22.7 Å². The fourth-order valence-corrected chi connectivity index (χ4v) is 5.66. The second-order valence-electron chi connectivity index (χ2n) is 5.50. The number of hydrogen-bond acceptors (Lipinski definition) is 6. The predicted molar refractivity (Wildman–Crippen MR) is 87.5 cm³/mol. The van der Waals surface area contributed by atoms with E-state index in [0.717, 1.165) is 25.2 Å². The van der Waals surface area contributed by atoms with Crippen LogP contribution in [0.5, 0.6) is 0 Å². The first-order valence-corrected chi connectivity index (χ1v) is 10.7. The van der Waals surface area contributed by atoms with Gasteiger partial charge in [-0.25, -0.2) is 13.4 Å². The highest BCUT2D eigenvalue weighted by atomic mass is 32.2. The summed E-state index contributed by atoms with van der Waals surface area (Å²) in [5.74, 6) is 0.0436. The maximum Gasteiger partial charge on any atom is 0.153 e. The molecule has 1 atom stereocenters. The zero-order chi connectivity index (χ0) is 15.0. The molecule has 0 N–H and O–H groups in total. The van der Waals surface area contributed by atoms with Crippen LogP contribution in [0.25, 0.3) is 0 Å². The van der Waals surface area contributed by atoms with E-state index < -0.39 is 9.84 Å². The average molecular weight is 343 g/mol. The summed E-state index contributed by atoms with van der Waals surface area (Å²) in [4.78, 5) is 8.37. The van der Waals surface area contributed by atoms with Gasteiger partial charge in [0.15, 0.2) is 9.84 Å². The molecule has 0 radical (unpaired) electrons. The molecule has 1 unspecified atom stereocenters. The topological polar surface area (TPSA) is 50.3 Å². The highest BCUT2D eigenvalue weighted by molar-refractivity contribution is 7.90. The van der Waals surface area contributed by atoms with E-state index in [1.54, 1.807) is 0 Å². The summed E-state index contributed by atoms with van der Waals surface area (Å²) < 4.78 is 22.6. The van der Waals surface area contributed by atoms with Crippen LogP contribution in [-0.2, 0) is 28.6 Å². The fourth-order valence-electron chi connectivity index (χ4n) is 2.70. The van der Waals surface area contributed by atoms with Crippen LogP contribution in [0.3, 0.4) is 0 Å². The number of fused-ring (bicyclic) bond motifs is 1. The van der Waals surface area contributed by atoms with Gasteiger partial charge in [0.1, 0.15) is 10.8 Å². The second-order valence-corrected chi connectivity index (χ2v) is 9.58. The molecule has 0 amide bonds. The normalized spacial score (nSPS) is 19.6. The Bertz CT molecular complexity index is 733. The maximum absolute atomic E-state index is 11.3. The lowest BCUT2D eigenvalue weighted by Crippen LogP contribution is -2.32. The van der Waals surface area contributed by atoms with Crippen LogP contribution in [0.1, 0.15) is 34.1 Å².